The van der Waals surface area contributed by atoms with Gasteiger partial charge in [0.25, 0.3) is 5.91 Å². The van der Waals surface area contributed by atoms with E-state index in [1.54, 1.807) is 17.1 Å². The maximum Gasteiger partial charge on any atom is 0.278 e. The van der Waals surface area contributed by atoms with Crippen LogP contribution in [-0.2, 0) is 4.79 Å². The molecule has 0 saturated carbocycles. The van der Waals surface area contributed by atoms with E-state index in [9.17, 15) is 9.59 Å². The zero-order chi connectivity index (χ0) is 16.8. The highest BCUT2D eigenvalue weighted by Gasteiger charge is 2.38. The molecule has 0 bridgehead atoms. The van der Waals surface area contributed by atoms with Crippen molar-refractivity contribution in [3.05, 3.63) is 47.3 Å². The molecule has 0 atom stereocenters. The van der Waals surface area contributed by atoms with E-state index < -0.39 is 5.41 Å². The number of aromatic nitrogens is 2. The smallest absolute Gasteiger partial charge is 0.278 e. The van der Waals surface area contributed by atoms with Gasteiger partial charge in [0, 0.05) is 11.3 Å². The fourth-order valence-electron chi connectivity index (χ4n) is 2.68. The lowest BCUT2D eigenvalue weighted by Crippen LogP contribution is -2.33. The summed E-state index contributed by atoms with van der Waals surface area (Å²) >= 11 is 0. The number of benzene rings is 1. The summed E-state index contributed by atoms with van der Waals surface area (Å²) in [5, 5.41) is 6.02. The van der Waals surface area contributed by atoms with Crippen LogP contribution in [0.2, 0.25) is 0 Å². The molecule has 0 aliphatic carbocycles. The van der Waals surface area contributed by atoms with Crippen molar-refractivity contribution < 1.29 is 9.59 Å². The Bertz CT molecular complexity index is 774. The van der Waals surface area contributed by atoms with Crippen molar-refractivity contribution in [2.24, 2.45) is 5.41 Å². The zero-order valence-electron chi connectivity index (χ0n) is 13.8. The Morgan fingerprint density at radius 1 is 1.22 bits per heavy atom. The van der Waals surface area contributed by atoms with Crippen LogP contribution in [-0.4, -0.2) is 28.1 Å². The second kappa shape index (κ2) is 5.22. The Labute approximate surface area is 135 Å². The summed E-state index contributed by atoms with van der Waals surface area (Å²) in [5.74, 6) is -0.159. The van der Waals surface area contributed by atoms with Gasteiger partial charge in [0.05, 0.1) is 23.3 Å². The highest BCUT2D eigenvalue weighted by atomic mass is 16.2. The number of anilines is 1. The Morgan fingerprint density at radius 2 is 1.87 bits per heavy atom. The van der Waals surface area contributed by atoms with Gasteiger partial charge in [-0.1, -0.05) is 0 Å². The lowest BCUT2D eigenvalue weighted by Gasteiger charge is -2.19. The lowest BCUT2D eigenvalue weighted by molar-refractivity contribution is -0.125. The number of carbonyl (C=O) groups is 2. The molecule has 1 fully saturated rings. The van der Waals surface area contributed by atoms with Crippen molar-refractivity contribution in [1.29, 1.82) is 0 Å². The summed E-state index contributed by atoms with van der Waals surface area (Å²) in [6, 6.07) is 9.05. The molecule has 1 aromatic carbocycles. The summed E-state index contributed by atoms with van der Waals surface area (Å²) < 4.78 is 1.41. The van der Waals surface area contributed by atoms with Crippen molar-refractivity contribution in [3.8, 4) is 0 Å². The van der Waals surface area contributed by atoms with Crippen LogP contribution in [0.25, 0.3) is 0 Å². The van der Waals surface area contributed by atoms with Gasteiger partial charge in [0.15, 0.2) is 0 Å². The fraction of sp³-hybridized carbons (Fsp3) is 0.353. The van der Waals surface area contributed by atoms with Crippen LogP contribution in [0.1, 0.15) is 35.6 Å². The van der Waals surface area contributed by atoms with Gasteiger partial charge < -0.3 is 0 Å². The van der Waals surface area contributed by atoms with Crippen LogP contribution in [0.5, 0.6) is 0 Å². The normalized spacial score (nSPS) is 16.5. The van der Waals surface area contributed by atoms with Crippen LogP contribution in [0.3, 0.4) is 0 Å². The minimum Gasteiger partial charge on any atom is -0.284 e. The first-order valence-electron chi connectivity index (χ1n) is 7.54. The Kier molecular flexibility index (Phi) is 3.47. The summed E-state index contributed by atoms with van der Waals surface area (Å²) in [5.41, 5.74) is 5.47. The summed E-state index contributed by atoms with van der Waals surface area (Å²) in [6.07, 6.45) is 0. The van der Waals surface area contributed by atoms with E-state index in [-0.39, 0.29) is 11.8 Å². The Morgan fingerprint density at radius 3 is 2.35 bits per heavy atom. The number of amides is 1. The van der Waals surface area contributed by atoms with Gasteiger partial charge in [-0.2, -0.15) is 5.10 Å². The number of carbonyl (C=O) groups excluding carboxylic acids is 2. The molecule has 1 aromatic heterocycles. The van der Waals surface area contributed by atoms with Crippen molar-refractivity contribution >= 4 is 17.5 Å². The third-order valence-electron chi connectivity index (χ3n) is 4.03. The van der Waals surface area contributed by atoms with Gasteiger partial charge >= 0.3 is 0 Å². The van der Waals surface area contributed by atoms with Crippen molar-refractivity contribution in [3.63, 3.8) is 0 Å². The molecule has 1 N–H and O–H groups in total. The molecule has 2 aromatic rings. The predicted octanol–water partition coefficient (Wildman–Crippen LogP) is 2.07. The highest BCUT2D eigenvalue weighted by molar-refractivity contribution is 5.96. The van der Waals surface area contributed by atoms with Crippen LogP contribution in [0, 0.1) is 19.3 Å². The minimum absolute atomic E-state index is 0.000272. The molecule has 1 saturated heterocycles. The first kappa shape index (κ1) is 15.3. The highest BCUT2D eigenvalue weighted by Crippen LogP contribution is 2.27. The average Bonchev–Trinajstić information content (AvgIpc) is 2.97. The van der Waals surface area contributed by atoms with E-state index in [1.807, 2.05) is 45.9 Å². The zero-order valence-corrected chi connectivity index (χ0v) is 13.8. The number of aryl methyl sites for hydroxylation is 2. The minimum atomic E-state index is -0.418. The first-order chi connectivity index (χ1) is 10.8. The van der Waals surface area contributed by atoms with E-state index in [2.05, 4.69) is 10.5 Å². The molecule has 1 aliphatic rings. The summed E-state index contributed by atoms with van der Waals surface area (Å²) in [4.78, 5) is 24.3. The topological polar surface area (TPSA) is 67.2 Å². The van der Waals surface area contributed by atoms with Gasteiger partial charge in [0.1, 0.15) is 0 Å². The lowest BCUT2D eigenvalue weighted by atomic mass is 9.94. The molecule has 3 rings (SSSR count). The maximum absolute atomic E-state index is 12.5. The van der Waals surface area contributed by atoms with Gasteiger partial charge in [-0.05, 0) is 58.0 Å². The molecule has 1 amide bonds. The number of hydrogen-bond acceptors (Lipinski definition) is 4. The van der Waals surface area contributed by atoms with E-state index in [4.69, 9.17) is 0 Å². The second-order valence-electron chi connectivity index (χ2n) is 6.60. The maximum atomic E-state index is 12.5. The fourth-order valence-corrected chi connectivity index (χ4v) is 2.68. The third kappa shape index (κ3) is 2.72. The quantitative estimate of drug-likeness (QED) is 0.922. The SMILES string of the molecule is Cc1cc(C)n(C(=O)c2ccc(N3CC(C)(C)C(=O)N3)cc2)n1. The molecule has 0 radical (unpaired) electrons. The first-order valence-corrected chi connectivity index (χ1v) is 7.54. The molecule has 120 valence electrons. The predicted molar refractivity (Wildman–Crippen MR) is 87.1 cm³/mol. The Hall–Kier alpha value is -2.63. The number of hydrazine groups is 1. The molecule has 0 unspecified atom stereocenters. The van der Waals surface area contributed by atoms with E-state index in [0.29, 0.717) is 12.1 Å². The van der Waals surface area contributed by atoms with E-state index >= 15 is 0 Å². The Balaban J connectivity index is 1.82. The summed E-state index contributed by atoms with van der Waals surface area (Å²) in [6.45, 7) is 8.12. The monoisotopic (exact) mass is 312 g/mol. The number of nitrogens with one attached hydrogen (secondary N) is 1. The van der Waals surface area contributed by atoms with E-state index in [0.717, 1.165) is 17.1 Å². The number of rotatable bonds is 2. The molecular weight excluding hydrogens is 292 g/mol. The summed E-state index contributed by atoms with van der Waals surface area (Å²) in [7, 11) is 0. The average molecular weight is 312 g/mol. The number of nitrogens with zero attached hydrogens (tertiary/aromatic N) is 3. The van der Waals surface area contributed by atoms with Crippen LogP contribution >= 0.6 is 0 Å². The van der Waals surface area contributed by atoms with Crippen molar-refractivity contribution in [2.45, 2.75) is 27.7 Å². The van der Waals surface area contributed by atoms with Crippen LogP contribution in [0.4, 0.5) is 5.69 Å². The van der Waals surface area contributed by atoms with Gasteiger partial charge in [-0.25, -0.2) is 4.68 Å². The largest absolute Gasteiger partial charge is 0.284 e. The molecular formula is C17H20N4O2. The standard InChI is InChI=1S/C17H20N4O2/c1-11-9-12(2)21(18-11)15(22)13-5-7-14(8-6-13)20-10-17(3,4)16(23)19-20/h5-9H,10H2,1-4H3,(H,19,23). The molecule has 0 spiro atoms. The van der Waals surface area contributed by atoms with Gasteiger partial charge in [0.2, 0.25) is 5.91 Å². The van der Waals surface area contributed by atoms with Crippen LogP contribution in [0.15, 0.2) is 30.3 Å². The van der Waals surface area contributed by atoms with Crippen LogP contribution < -0.4 is 10.4 Å². The third-order valence-corrected chi connectivity index (χ3v) is 4.03. The molecule has 1 aliphatic heterocycles. The van der Waals surface area contributed by atoms with Gasteiger partial charge in [-0.15, -0.1) is 0 Å². The molecule has 23 heavy (non-hydrogen) atoms. The van der Waals surface area contributed by atoms with E-state index in [1.165, 1.54) is 4.68 Å². The molecule has 6 nitrogen and oxygen atoms in total. The second-order valence-corrected chi connectivity index (χ2v) is 6.60. The molecule has 6 heteroatoms. The van der Waals surface area contributed by atoms with Gasteiger partial charge in [-0.3, -0.25) is 20.0 Å². The molecule has 2 heterocycles. The number of hydrogen-bond donors (Lipinski definition) is 1. The van der Waals surface area contributed by atoms with Crippen molar-refractivity contribution in [1.82, 2.24) is 15.2 Å². The van der Waals surface area contributed by atoms with Crippen molar-refractivity contribution in [2.75, 3.05) is 11.6 Å².